The fourth-order valence-electron chi connectivity index (χ4n) is 2.77. The van der Waals surface area contributed by atoms with Crippen LogP contribution in [0.5, 0.6) is 0 Å². The summed E-state index contributed by atoms with van der Waals surface area (Å²) in [5.74, 6) is 1.60. The lowest BCUT2D eigenvalue weighted by Crippen LogP contribution is -2.47. The van der Waals surface area contributed by atoms with Gasteiger partial charge in [-0.3, -0.25) is 0 Å². The average Bonchev–Trinajstić information content (AvgIpc) is 2.72. The highest BCUT2D eigenvalue weighted by Crippen LogP contribution is 2.26. The zero-order chi connectivity index (χ0) is 14.1. The molecular formula is C15H20N4O. The first-order valence-electron chi connectivity index (χ1n) is 7.08. The smallest absolute Gasteiger partial charge is 0.315 e. The standard InChI is InChI=1S/C15H20N4O/c1-10-7-11(8-10)17-15(20)16-9-14-18-12-5-3-4-6-13(12)19(14)2/h3-6,10-11H,7-9H2,1-2H3,(H2,16,17,20). The van der Waals surface area contributed by atoms with E-state index in [0.717, 1.165) is 35.6 Å². The van der Waals surface area contributed by atoms with Crippen LogP contribution in [0.25, 0.3) is 11.0 Å². The Morgan fingerprint density at radius 3 is 2.85 bits per heavy atom. The first-order chi connectivity index (χ1) is 9.63. The zero-order valence-corrected chi connectivity index (χ0v) is 11.9. The number of nitrogens with zero attached hydrogens (tertiary/aromatic N) is 2. The van der Waals surface area contributed by atoms with E-state index in [-0.39, 0.29) is 6.03 Å². The van der Waals surface area contributed by atoms with Crippen molar-refractivity contribution in [3.63, 3.8) is 0 Å². The number of urea groups is 1. The molecule has 20 heavy (non-hydrogen) atoms. The van der Waals surface area contributed by atoms with Gasteiger partial charge >= 0.3 is 6.03 Å². The molecule has 0 unspecified atom stereocenters. The Balaban J connectivity index is 1.59. The molecule has 0 spiro atoms. The molecule has 2 amide bonds. The predicted octanol–water partition coefficient (Wildman–Crippen LogP) is 2.17. The summed E-state index contributed by atoms with van der Waals surface area (Å²) in [4.78, 5) is 16.3. The molecule has 1 aromatic carbocycles. The van der Waals surface area contributed by atoms with Gasteiger partial charge in [0.25, 0.3) is 0 Å². The van der Waals surface area contributed by atoms with E-state index in [1.807, 2.05) is 35.9 Å². The van der Waals surface area contributed by atoms with Gasteiger partial charge in [-0.1, -0.05) is 19.1 Å². The number of amides is 2. The van der Waals surface area contributed by atoms with Crippen LogP contribution < -0.4 is 10.6 Å². The second-order valence-corrected chi connectivity index (χ2v) is 5.68. The summed E-state index contributed by atoms with van der Waals surface area (Å²) in [6.45, 7) is 2.65. The third-order valence-electron chi connectivity index (χ3n) is 4.00. The van der Waals surface area contributed by atoms with Crippen molar-refractivity contribution in [3.05, 3.63) is 30.1 Å². The van der Waals surface area contributed by atoms with E-state index in [1.54, 1.807) is 0 Å². The molecular weight excluding hydrogens is 252 g/mol. The van der Waals surface area contributed by atoms with Crippen LogP contribution in [-0.4, -0.2) is 21.6 Å². The normalized spacial score (nSPS) is 21.5. The molecule has 2 aromatic rings. The van der Waals surface area contributed by atoms with Crippen molar-refractivity contribution in [1.82, 2.24) is 20.2 Å². The highest BCUT2D eigenvalue weighted by molar-refractivity contribution is 5.76. The molecule has 1 aliphatic rings. The fraction of sp³-hybridized carbons (Fsp3) is 0.467. The summed E-state index contributed by atoms with van der Waals surface area (Å²) in [7, 11) is 1.97. The van der Waals surface area contributed by atoms with Crippen LogP contribution >= 0.6 is 0 Å². The molecule has 5 heteroatoms. The SMILES string of the molecule is CC1CC(NC(=O)NCc2nc3ccccc3n2C)C1. The highest BCUT2D eigenvalue weighted by atomic mass is 16.2. The van der Waals surface area contributed by atoms with Gasteiger partial charge in [0.15, 0.2) is 0 Å². The summed E-state index contributed by atoms with van der Waals surface area (Å²) < 4.78 is 2.01. The molecule has 1 fully saturated rings. The summed E-state index contributed by atoms with van der Waals surface area (Å²) in [6, 6.07) is 8.21. The van der Waals surface area contributed by atoms with Gasteiger partial charge in [0.1, 0.15) is 5.82 Å². The number of nitrogens with one attached hydrogen (secondary N) is 2. The Morgan fingerprint density at radius 2 is 2.15 bits per heavy atom. The van der Waals surface area contributed by atoms with Gasteiger partial charge in [-0.25, -0.2) is 9.78 Å². The number of fused-ring (bicyclic) bond motifs is 1. The van der Waals surface area contributed by atoms with E-state index in [2.05, 4.69) is 22.5 Å². The summed E-state index contributed by atoms with van der Waals surface area (Å²) in [5, 5.41) is 5.86. The number of carbonyl (C=O) groups is 1. The molecule has 0 bridgehead atoms. The number of hydrogen-bond donors (Lipinski definition) is 2. The Kier molecular flexibility index (Phi) is 3.34. The van der Waals surface area contributed by atoms with Gasteiger partial charge in [0, 0.05) is 13.1 Å². The van der Waals surface area contributed by atoms with Crippen molar-refractivity contribution >= 4 is 17.1 Å². The Hall–Kier alpha value is -2.04. The van der Waals surface area contributed by atoms with Crippen LogP contribution in [0.1, 0.15) is 25.6 Å². The molecule has 0 saturated heterocycles. The monoisotopic (exact) mass is 272 g/mol. The molecule has 1 heterocycles. The van der Waals surface area contributed by atoms with Crippen molar-refractivity contribution in [2.75, 3.05) is 0 Å². The van der Waals surface area contributed by atoms with Crippen LogP contribution in [0.15, 0.2) is 24.3 Å². The van der Waals surface area contributed by atoms with Crippen LogP contribution in [0.4, 0.5) is 4.79 Å². The van der Waals surface area contributed by atoms with Crippen molar-refractivity contribution in [3.8, 4) is 0 Å². The Morgan fingerprint density at radius 1 is 1.40 bits per heavy atom. The Labute approximate surface area is 118 Å². The fourth-order valence-corrected chi connectivity index (χ4v) is 2.77. The van der Waals surface area contributed by atoms with E-state index >= 15 is 0 Å². The van der Waals surface area contributed by atoms with Gasteiger partial charge in [-0.15, -0.1) is 0 Å². The summed E-state index contributed by atoms with van der Waals surface area (Å²) >= 11 is 0. The number of para-hydroxylation sites is 2. The first kappa shape index (κ1) is 13.0. The number of carbonyl (C=O) groups excluding carboxylic acids is 1. The lowest BCUT2D eigenvalue weighted by atomic mass is 9.82. The molecule has 1 saturated carbocycles. The molecule has 1 aliphatic carbocycles. The van der Waals surface area contributed by atoms with E-state index < -0.39 is 0 Å². The van der Waals surface area contributed by atoms with Crippen molar-refractivity contribution in [2.45, 2.75) is 32.4 Å². The molecule has 1 aromatic heterocycles. The topological polar surface area (TPSA) is 59.0 Å². The maximum atomic E-state index is 11.8. The number of imidazole rings is 1. The van der Waals surface area contributed by atoms with Crippen LogP contribution in [0.3, 0.4) is 0 Å². The number of aryl methyl sites for hydroxylation is 1. The minimum Gasteiger partial charge on any atom is -0.335 e. The highest BCUT2D eigenvalue weighted by Gasteiger charge is 2.26. The predicted molar refractivity (Wildman–Crippen MR) is 78.3 cm³/mol. The Bertz CT molecular complexity index is 628. The summed E-state index contributed by atoms with van der Waals surface area (Å²) in [5.41, 5.74) is 2.04. The third kappa shape index (κ3) is 2.48. The molecule has 0 aliphatic heterocycles. The quantitative estimate of drug-likeness (QED) is 0.899. The lowest BCUT2D eigenvalue weighted by molar-refractivity contribution is 0.209. The number of hydrogen-bond acceptors (Lipinski definition) is 2. The van der Waals surface area contributed by atoms with Crippen molar-refractivity contribution in [2.24, 2.45) is 13.0 Å². The molecule has 3 rings (SSSR count). The van der Waals surface area contributed by atoms with Crippen molar-refractivity contribution < 1.29 is 4.79 Å². The van der Waals surface area contributed by atoms with Crippen molar-refractivity contribution in [1.29, 1.82) is 0 Å². The van der Waals surface area contributed by atoms with Gasteiger partial charge < -0.3 is 15.2 Å². The number of aromatic nitrogens is 2. The average molecular weight is 272 g/mol. The first-order valence-corrected chi connectivity index (χ1v) is 7.08. The van der Waals surface area contributed by atoms with Gasteiger partial charge in [0.2, 0.25) is 0 Å². The van der Waals surface area contributed by atoms with E-state index in [1.165, 1.54) is 0 Å². The second kappa shape index (κ2) is 5.15. The van der Waals surface area contributed by atoms with Gasteiger partial charge in [0.05, 0.1) is 17.6 Å². The maximum Gasteiger partial charge on any atom is 0.315 e. The van der Waals surface area contributed by atoms with Gasteiger partial charge in [-0.05, 0) is 30.9 Å². The minimum absolute atomic E-state index is 0.103. The minimum atomic E-state index is -0.103. The van der Waals surface area contributed by atoms with Gasteiger partial charge in [-0.2, -0.15) is 0 Å². The number of benzene rings is 1. The molecule has 0 radical (unpaired) electrons. The molecule has 5 nitrogen and oxygen atoms in total. The van der Waals surface area contributed by atoms with Crippen LogP contribution in [-0.2, 0) is 13.6 Å². The lowest BCUT2D eigenvalue weighted by Gasteiger charge is -2.33. The summed E-state index contributed by atoms with van der Waals surface area (Å²) in [6.07, 6.45) is 2.17. The van der Waals surface area contributed by atoms with Crippen LogP contribution in [0, 0.1) is 5.92 Å². The van der Waals surface area contributed by atoms with Crippen LogP contribution in [0.2, 0.25) is 0 Å². The number of rotatable bonds is 3. The zero-order valence-electron chi connectivity index (χ0n) is 11.9. The van der Waals surface area contributed by atoms with E-state index in [4.69, 9.17) is 0 Å². The maximum absolute atomic E-state index is 11.8. The van der Waals surface area contributed by atoms with E-state index in [9.17, 15) is 4.79 Å². The van der Waals surface area contributed by atoms with E-state index in [0.29, 0.717) is 12.6 Å². The third-order valence-corrected chi connectivity index (χ3v) is 4.00. The molecule has 0 atom stereocenters. The molecule has 2 N–H and O–H groups in total. The molecule has 106 valence electrons. The largest absolute Gasteiger partial charge is 0.335 e. The second-order valence-electron chi connectivity index (χ2n) is 5.68.